The molecule has 0 N–H and O–H groups in total. The number of allylic oxidation sites excluding steroid dienone is 2. The molecule has 49 heavy (non-hydrogen) atoms. The van der Waals surface area contributed by atoms with Crippen molar-refractivity contribution in [3.8, 4) is 0 Å². The molecule has 0 saturated carbocycles. The van der Waals surface area contributed by atoms with Gasteiger partial charge in [-0.1, -0.05) is 149 Å². The smallest absolute Gasteiger partial charge is 0.0468 e. The Labute approximate surface area is 289 Å². The highest BCUT2D eigenvalue weighted by Crippen LogP contribution is 2.62. The van der Waals surface area contributed by atoms with Gasteiger partial charge in [-0.15, -0.1) is 0 Å². The largest absolute Gasteiger partial charge is 0.310 e. The summed E-state index contributed by atoms with van der Waals surface area (Å²) in [5.74, 6) is 0. The fraction of sp³-hybridized carbons (Fsp3) is 0.125. The van der Waals surface area contributed by atoms with Crippen molar-refractivity contribution < 1.29 is 0 Å². The molecule has 0 unspecified atom stereocenters. The maximum absolute atomic E-state index is 2.42. The summed E-state index contributed by atoms with van der Waals surface area (Å²) in [6.07, 6.45) is 4.52. The fourth-order valence-electron chi connectivity index (χ4n) is 8.51. The highest BCUT2D eigenvalue weighted by Gasteiger charge is 2.49. The van der Waals surface area contributed by atoms with Crippen LogP contribution in [0.5, 0.6) is 0 Å². The average molecular weight is 630 g/mol. The first kappa shape index (κ1) is 29.5. The molecule has 9 rings (SSSR count). The van der Waals surface area contributed by atoms with Gasteiger partial charge in [0.05, 0.1) is 0 Å². The minimum Gasteiger partial charge on any atom is -0.310 e. The van der Waals surface area contributed by atoms with Crippen LogP contribution in [0, 0.1) is 0 Å². The number of anilines is 3. The maximum atomic E-state index is 2.42. The first-order valence-electron chi connectivity index (χ1n) is 17.3. The zero-order valence-electron chi connectivity index (χ0n) is 28.5. The van der Waals surface area contributed by atoms with E-state index >= 15 is 0 Å². The molecule has 0 aromatic heterocycles. The van der Waals surface area contributed by atoms with Crippen molar-refractivity contribution in [1.29, 1.82) is 0 Å². The summed E-state index contributed by atoms with van der Waals surface area (Å²) in [6, 6.07) is 55.6. The van der Waals surface area contributed by atoms with Gasteiger partial charge in [0.2, 0.25) is 0 Å². The van der Waals surface area contributed by atoms with Crippen LogP contribution in [0.15, 0.2) is 152 Å². The third-order valence-corrected chi connectivity index (χ3v) is 10.9. The van der Waals surface area contributed by atoms with E-state index in [9.17, 15) is 0 Å². The van der Waals surface area contributed by atoms with E-state index in [1.165, 1.54) is 66.1 Å². The van der Waals surface area contributed by atoms with E-state index in [1.807, 2.05) is 0 Å². The molecule has 0 spiro atoms. The predicted molar refractivity (Wildman–Crippen MR) is 211 cm³/mol. The molecule has 1 nitrogen and oxygen atoms in total. The van der Waals surface area contributed by atoms with Gasteiger partial charge < -0.3 is 4.90 Å². The molecule has 1 heteroatoms. The van der Waals surface area contributed by atoms with Crippen molar-refractivity contribution in [2.24, 2.45) is 0 Å². The van der Waals surface area contributed by atoms with Crippen LogP contribution < -0.4 is 4.90 Å². The highest BCUT2D eigenvalue weighted by atomic mass is 15.1. The molecule has 236 valence electrons. The van der Waals surface area contributed by atoms with Gasteiger partial charge in [0.15, 0.2) is 0 Å². The summed E-state index contributed by atoms with van der Waals surface area (Å²) in [5, 5.41) is 4.94. The van der Waals surface area contributed by atoms with Gasteiger partial charge in [-0.2, -0.15) is 0 Å². The fourth-order valence-corrected chi connectivity index (χ4v) is 8.51. The molecular formula is C48H39N. The molecule has 0 aliphatic heterocycles. The molecule has 2 aliphatic rings. The summed E-state index contributed by atoms with van der Waals surface area (Å²) in [4.78, 5) is 2.35. The van der Waals surface area contributed by atoms with Gasteiger partial charge >= 0.3 is 0 Å². The minimum atomic E-state index is -0.0421. The number of rotatable bonds is 5. The highest BCUT2D eigenvalue weighted by molar-refractivity contribution is 6.09. The quantitative estimate of drug-likeness (QED) is 0.171. The Kier molecular flexibility index (Phi) is 6.58. The number of benzene rings is 7. The molecular weight excluding hydrogens is 591 g/mol. The summed E-state index contributed by atoms with van der Waals surface area (Å²) in [7, 11) is 0. The number of nitrogens with zero attached hydrogens (tertiary/aromatic N) is 1. The van der Waals surface area contributed by atoms with Crippen LogP contribution in [0.4, 0.5) is 17.1 Å². The Morgan fingerprint density at radius 2 is 0.898 bits per heavy atom. The van der Waals surface area contributed by atoms with Crippen LogP contribution in [0.25, 0.3) is 44.8 Å². The molecule has 0 atom stereocenters. The molecule has 0 heterocycles. The van der Waals surface area contributed by atoms with Crippen molar-refractivity contribution in [3.05, 3.63) is 185 Å². The number of para-hydroxylation sites is 1. The lowest BCUT2D eigenvalue weighted by atomic mass is 9.75. The molecule has 7 aromatic carbocycles. The van der Waals surface area contributed by atoms with Gasteiger partial charge in [-0.25, -0.2) is 0 Å². The Morgan fingerprint density at radius 3 is 1.65 bits per heavy atom. The minimum absolute atomic E-state index is 0.00433. The molecule has 0 saturated heterocycles. The third-order valence-electron chi connectivity index (χ3n) is 10.9. The van der Waals surface area contributed by atoms with Gasteiger partial charge in [-0.3, -0.25) is 0 Å². The summed E-state index contributed by atoms with van der Waals surface area (Å²) in [6.45, 7) is 9.57. The van der Waals surface area contributed by atoms with E-state index in [4.69, 9.17) is 0 Å². The molecule has 7 aromatic rings. The lowest BCUT2D eigenvalue weighted by molar-refractivity contribution is 0.694. The number of hydrogen-bond donors (Lipinski definition) is 0. The van der Waals surface area contributed by atoms with Crippen molar-refractivity contribution in [2.45, 2.75) is 38.5 Å². The monoisotopic (exact) mass is 629 g/mol. The van der Waals surface area contributed by atoms with E-state index in [0.29, 0.717) is 0 Å². The predicted octanol–water partition coefficient (Wildman–Crippen LogP) is 13.1. The van der Waals surface area contributed by atoms with Crippen LogP contribution in [0.3, 0.4) is 0 Å². The van der Waals surface area contributed by atoms with Crippen molar-refractivity contribution >= 4 is 61.9 Å². The van der Waals surface area contributed by atoms with Crippen LogP contribution in [-0.2, 0) is 10.8 Å². The topological polar surface area (TPSA) is 3.24 Å². The Bertz CT molecular complexity index is 2490. The number of fused-ring (bicyclic) bond motifs is 6. The van der Waals surface area contributed by atoms with Crippen LogP contribution in [0.2, 0.25) is 0 Å². The Hall–Kier alpha value is -5.66. The Balaban J connectivity index is 1.03. The van der Waals surface area contributed by atoms with Gasteiger partial charge in [0, 0.05) is 27.9 Å². The van der Waals surface area contributed by atoms with Crippen molar-refractivity contribution in [3.63, 3.8) is 0 Å². The zero-order valence-corrected chi connectivity index (χ0v) is 28.5. The molecule has 2 aliphatic carbocycles. The SMILES string of the molecule is CC1(C)C2=C(c3ccccc31)C(C)(C)c1cc(C=Cc3ccc4cc(N(c5ccccc5)c5ccc6ccccc6c5)ccc4c3)ccc12. The van der Waals surface area contributed by atoms with E-state index < -0.39 is 0 Å². The lowest BCUT2D eigenvalue weighted by Crippen LogP contribution is -2.19. The van der Waals surface area contributed by atoms with Crippen LogP contribution in [-0.4, -0.2) is 0 Å². The van der Waals surface area contributed by atoms with Gasteiger partial charge in [0.25, 0.3) is 0 Å². The van der Waals surface area contributed by atoms with E-state index in [0.717, 1.165) is 17.1 Å². The molecule has 0 bridgehead atoms. The standard InChI is InChI=1S/C48H39N/c1-47(2)43-17-11-10-16-41(43)45-46(47)42-27-21-33(29-44(42)48(45,3)4)19-18-32-20-22-37-31-40(26-24-36(37)28-32)49(38-14-6-5-7-15-38)39-25-23-34-12-8-9-13-35(34)30-39/h5-31H,1-4H3. The summed E-state index contributed by atoms with van der Waals surface area (Å²) < 4.78 is 0. The number of hydrogen-bond acceptors (Lipinski definition) is 1. The second-order valence-electron chi connectivity index (χ2n) is 14.7. The van der Waals surface area contributed by atoms with Gasteiger partial charge in [-0.05, 0) is 109 Å². The van der Waals surface area contributed by atoms with E-state index in [2.05, 4.69) is 196 Å². The summed E-state index contributed by atoms with van der Waals surface area (Å²) in [5.41, 5.74) is 14.6. The van der Waals surface area contributed by atoms with E-state index in [1.54, 1.807) is 0 Å². The van der Waals surface area contributed by atoms with Gasteiger partial charge in [0.1, 0.15) is 0 Å². The third kappa shape index (κ3) is 4.68. The first-order chi connectivity index (χ1) is 23.8. The molecule has 0 amide bonds. The second-order valence-corrected chi connectivity index (χ2v) is 14.7. The van der Waals surface area contributed by atoms with E-state index in [-0.39, 0.29) is 10.8 Å². The summed E-state index contributed by atoms with van der Waals surface area (Å²) >= 11 is 0. The average Bonchev–Trinajstić information content (AvgIpc) is 3.52. The first-order valence-corrected chi connectivity index (χ1v) is 17.3. The Morgan fingerprint density at radius 1 is 0.388 bits per heavy atom. The maximum Gasteiger partial charge on any atom is 0.0468 e. The van der Waals surface area contributed by atoms with Crippen molar-refractivity contribution in [2.75, 3.05) is 4.90 Å². The van der Waals surface area contributed by atoms with Crippen molar-refractivity contribution in [1.82, 2.24) is 0 Å². The second kappa shape index (κ2) is 10.9. The normalized spacial score (nSPS) is 15.5. The lowest BCUT2D eigenvalue weighted by Gasteiger charge is -2.28. The molecule has 0 fully saturated rings. The molecule has 0 radical (unpaired) electrons. The van der Waals surface area contributed by atoms with Crippen LogP contribution in [0.1, 0.15) is 61.1 Å². The van der Waals surface area contributed by atoms with Crippen LogP contribution >= 0.6 is 0 Å². The zero-order chi connectivity index (χ0) is 33.3.